The number of carbonyl (C=O) groups is 4. The van der Waals surface area contributed by atoms with Crippen LogP contribution in [0, 0.1) is 5.92 Å². The maximum absolute atomic E-state index is 13.6. The maximum atomic E-state index is 13.6. The van der Waals surface area contributed by atoms with Crippen molar-refractivity contribution in [2.45, 2.75) is 57.3 Å². The molecule has 0 spiro atoms. The number of nitrogens with two attached hydrogens (primary N) is 1. The van der Waals surface area contributed by atoms with Gasteiger partial charge in [-0.15, -0.1) is 0 Å². The lowest BCUT2D eigenvalue weighted by molar-refractivity contribution is -0.143. The molecule has 2 aromatic carbocycles. The summed E-state index contributed by atoms with van der Waals surface area (Å²) in [6, 6.07) is 11.8. The summed E-state index contributed by atoms with van der Waals surface area (Å²) in [7, 11) is 0. The summed E-state index contributed by atoms with van der Waals surface area (Å²) >= 11 is 0. The number of aliphatic hydroxyl groups excluding tert-OH is 1. The number of rotatable bonds is 14. The van der Waals surface area contributed by atoms with Gasteiger partial charge >= 0.3 is 5.97 Å². The monoisotopic (exact) mass is 551 g/mol. The smallest absolute Gasteiger partial charge is 0.326 e. The first-order valence-electron chi connectivity index (χ1n) is 13.2. The highest BCUT2D eigenvalue weighted by Gasteiger charge is 2.32. The Bertz CT molecular complexity index is 1310. The van der Waals surface area contributed by atoms with Gasteiger partial charge in [-0.05, 0) is 23.1 Å². The Kier molecular flexibility index (Phi) is 10.8. The van der Waals surface area contributed by atoms with Crippen LogP contribution in [0.5, 0.6) is 0 Å². The minimum Gasteiger partial charge on any atom is -0.480 e. The molecule has 1 heterocycles. The molecule has 0 aliphatic carbocycles. The molecule has 0 saturated heterocycles. The molecule has 3 rings (SSSR count). The highest BCUT2D eigenvalue weighted by atomic mass is 16.4. The van der Waals surface area contributed by atoms with Crippen LogP contribution in [-0.4, -0.2) is 69.7 Å². The van der Waals surface area contributed by atoms with E-state index < -0.39 is 54.5 Å². The van der Waals surface area contributed by atoms with Crippen LogP contribution in [0.4, 0.5) is 0 Å². The Hall–Kier alpha value is -4.22. The Balaban J connectivity index is 1.91. The van der Waals surface area contributed by atoms with Gasteiger partial charge in [0.05, 0.1) is 6.61 Å². The van der Waals surface area contributed by atoms with E-state index in [1.54, 1.807) is 37.4 Å². The average molecular weight is 552 g/mol. The zero-order valence-corrected chi connectivity index (χ0v) is 22.6. The molecule has 3 amide bonds. The van der Waals surface area contributed by atoms with Crippen LogP contribution in [0.3, 0.4) is 0 Å². The molecule has 214 valence electrons. The first-order valence-corrected chi connectivity index (χ1v) is 13.2. The van der Waals surface area contributed by atoms with Gasteiger partial charge in [0.1, 0.15) is 24.2 Å². The van der Waals surface area contributed by atoms with Gasteiger partial charge in [0, 0.05) is 29.9 Å². The van der Waals surface area contributed by atoms with Crippen LogP contribution in [0.15, 0.2) is 60.8 Å². The number of carbonyl (C=O) groups excluding carboxylic acids is 3. The molecule has 0 aliphatic rings. The largest absolute Gasteiger partial charge is 0.480 e. The lowest BCUT2D eigenvalue weighted by atomic mass is 9.97. The molecule has 5 atom stereocenters. The molecule has 11 heteroatoms. The van der Waals surface area contributed by atoms with Crippen molar-refractivity contribution < 1.29 is 29.4 Å². The predicted octanol–water partition coefficient (Wildman–Crippen LogP) is 0.858. The van der Waals surface area contributed by atoms with E-state index in [4.69, 9.17) is 5.73 Å². The van der Waals surface area contributed by atoms with Gasteiger partial charge in [-0.25, -0.2) is 4.79 Å². The number of nitrogens with one attached hydrogen (secondary N) is 4. The van der Waals surface area contributed by atoms with Gasteiger partial charge in [0.2, 0.25) is 17.7 Å². The van der Waals surface area contributed by atoms with Gasteiger partial charge in [-0.1, -0.05) is 68.8 Å². The fourth-order valence-electron chi connectivity index (χ4n) is 4.36. The Morgan fingerprint density at radius 2 is 1.48 bits per heavy atom. The van der Waals surface area contributed by atoms with Crippen LogP contribution in [-0.2, 0) is 32.0 Å². The molecule has 1 aromatic heterocycles. The number of aliphatic hydroxyl groups is 1. The summed E-state index contributed by atoms with van der Waals surface area (Å²) in [4.78, 5) is 54.6. The second kappa shape index (κ2) is 14.2. The Morgan fingerprint density at radius 1 is 0.875 bits per heavy atom. The first-order chi connectivity index (χ1) is 19.1. The third-order valence-electron chi connectivity index (χ3n) is 6.96. The molecule has 0 fully saturated rings. The third kappa shape index (κ3) is 7.90. The summed E-state index contributed by atoms with van der Waals surface area (Å²) in [6.45, 7) is 2.94. The number of para-hydroxylation sites is 1. The maximum Gasteiger partial charge on any atom is 0.326 e. The fourth-order valence-corrected chi connectivity index (χ4v) is 4.36. The second-order valence-electron chi connectivity index (χ2n) is 9.87. The third-order valence-corrected chi connectivity index (χ3v) is 6.96. The zero-order valence-electron chi connectivity index (χ0n) is 22.6. The molecule has 3 aromatic rings. The van der Waals surface area contributed by atoms with Crippen molar-refractivity contribution in [3.8, 4) is 0 Å². The summed E-state index contributed by atoms with van der Waals surface area (Å²) in [5.74, 6) is -3.57. The summed E-state index contributed by atoms with van der Waals surface area (Å²) < 4.78 is 0. The molecular weight excluding hydrogens is 514 g/mol. The van der Waals surface area contributed by atoms with Gasteiger partial charge in [0.25, 0.3) is 0 Å². The van der Waals surface area contributed by atoms with Crippen molar-refractivity contribution in [1.82, 2.24) is 20.9 Å². The van der Waals surface area contributed by atoms with E-state index in [1.165, 1.54) is 0 Å². The number of aliphatic carboxylic acids is 1. The van der Waals surface area contributed by atoms with Crippen molar-refractivity contribution >= 4 is 34.6 Å². The molecule has 8 N–H and O–H groups in total. The van der Waals surface area contributed by atoms with Crippen molar-refractivity contribution in [3.63, 3.8) is 0 Å². The topological polar surface area (TPSA) is 187 Å². The number of fused-ring (bicyclic) bond motifs is 1. The number of aromatic amines is 1. The fraction of sp³-hybridized carbons (Fsp3) is 0.379. The van der Waals surface area contributed by atoms with E-state index in [-0.39, 0.29) is 18.8 Å². The van der Waals surface area contributed by atoms with Gasteiger partial charge in [-0.2, -0.15) is 0 Å². The van der Waals surface area contributed by atoms with Gasteiger partial charge in [0.15, 0.2) is 0 Å². The van der Waals surface area contributed by atoms with E-state index in [2.05, 4.69) is 20.9 Å². The highest BCUT2D eigenvalue weighted by Crippen LogP contribution is 2.20. The molecule has 0 saturated carbocycles. The van der Waals surface area contributed by atoms with Crippen LogP contribution in [0.1, 0.15) is 31.4 Å². The number of hydrogen-bond donors (Lipinski definition) is 7. The van der Waals surface area contributed by atoms with Crippen LogP contribution in [0.2, 0.25) is 0 Å². The lowest BCUT2D eigenvalue weighted by Gasteiger charge is -2.26. The highest BCUT2D eigenvalue weighted by molar-refractivity contribution is 5.95. The van der Waals surface area contributed by atoms with Crippen LogP contribution < -0.4 is 21.7 Å². The van der Waals surface area contributed by atoms with Crippen LogP contribution >= 0.6 is 0 Å². The minimum atomic E-state index is -1.23. The van der Waals surface area contributed by atoms with E-state index in [0.29, 0.717) is 6.42 Å². The molecular formula is C29H37N5O6. The molecule has 5 unspecified atom stereocenters. The molecule has 0 radical (unpaired) electrons. The Morgan fingerprint density at radius 3 is 2.12 bits per heavy atom. The SMILES string of the molecule is CCC(C)C(NC(=O)C(Cc1c[nH]c2ccccc12)NC(=O)C(Cc1ccccc1)NC(=O)C(N)CO)C(=O)O. The van der Waals surface area contributed by atoms with Gasteiger partial charge < -0.3 is 36.9 Å². The second-order valence-corrected chi connectivity index (χ2v) is 9.87. The lowest BCUT2D eigenvalue weighted by Crippen LogP contribution is -2.59. The van der Waals surface area contributed by atoms with E-state index in [0.717, 1.165) is 22.0 Å². The van der Waals surface area contributed by atoms with E-state index in [9.17, 15) is 29.4 Å². The van der Waals surface area contributed by atoms with Crippen molar-refractivity contribution in [2.24, 2.45) is 11.7 Å². The molecule has 0 bridgehead atoms. The van der Waals surface area contributed by atoms with Crippen molar-refractivity contribution in [2.75, 3.05) is 6.61 Å². The number of hydrogen-bond acceptors (Lipinski definition) is 6. The number of carboxylic acids is 1. The first kappa shape index (κ1) is 30.3. The van der Waals surface area contributed by atoms with E-state index >= 15 is 0 Å². The molecule has 0 aliphatic heterocycles. The summed E-state index contributed by atoms with van der Waals surface area (Å²) in [5.41, 5.74) is 8.00. The zero-order chi connectivity index (χ0) is 29.2. The number of H-pyrrole nitrogens is 1. The van der Waals surface area contributed by atoms with Crippen molar-refractivity contribution in [1.29, 1.82) is 0 Å². The van der Waals surface area contributed by atoms with Crippen molar-refractivity contribution in [3.05, 3.63) is 71.9 Å². The average Bonchev–Trinajstić information content (AvgIpc) is 3.37. The van der Waals surface area contributed by atoms with E-state index in [1.807, 2.05) is 37.3 Å². The normalized spacial score (nSPS) is 14.9. The Labute approximate surface area is 232 Å². The van der Waals surface area contributed by atoms with Crippen LogP contribution in [0.25, 0.3) is 10.9 Å². The quantitative estimate of drug-likeness (QED) is 0.155. The molecule has 40 heavy (non-hydrogen) atoms. The number of amides is 3. The van der Waals surface area contributed by atoms with Gasteiger partial charge in [-0.3, -0.25) is 14.4 Å². The summed E-state index contributed by atoms with van der Waals surface area (Å²) in [5, 5.41) is 27.8. The standard InChI is InChI=1S/C29H37N5O6/c1-3-17(2)25(29(39)40)34-28(38)24(14-19-15-31-22-12-8-7-11-20(19)22)33-27(37)23(32-26(36)21(30)16-35)13-18-9-5-4-6-10-18/h4-12,15,17,21,23-25,31,35H,3,13-14,16,30H2,1-2H3,(H,32,36)(H,33,37)(H,34,38)(H,39,40). The number of benzene rings is 2. The minimum absolute atomic E-state index is 0.0661. The predicted molar refractivity (Wildman–Crippen MR) is 150 cm³/mol. The number of carboxylic acid groups (broad SMARTS) is 1. The summed E-state index contributed by atoms with van der Waals surface area (Å²) in [6.07, 6.45) is 2.43. The molecule has 11 nitrogen and oxygen atoms in total. The number of aromatic nitrogens is 1.